The van der Waals surface area contributed by atoms with Gasteiger partial charge in [-0.15, -0.1) is 0 Å². The van der Waals surface area contributed by atoms with Crippen LogP contribution in [0.25, 0.3) is 5.57 Å². The van der Waals surface area contributed by atoms with Crippen LogP contribution in [0.15, 0.2) is 17.1 Å². The highest BCUT2D eigenvalue weighted by Gasteiger charge is 2.12. The zero-order chi connectivity index (χ0) is 11.4. The quantitative estimate of drug-likeness (QED) is 0.758. The molecule has 1 aromatic rings. The van der Waals surface area contributed by atoms with Crippen LogP contribution in [-0.4, -0.2) is 34.1 Å². The number of allylic oxidation sites excluding steroid dienone is 2. The van der Waals surface area contributed by atoms with Crippen molar-refractivity contribution in [3.8, 4) is 0 Å². The molecule has 0 fully saturated rings. The Morgan fingerprint density at radius 2 is 2.33 bits per heavy atom. The third-order valence-electron chi connectivity index (χ3n) is 1.97. The molecule has 0 aromatic carbocycles. The highest BCUT2D eigenvalue weighted by atomic mass is 16.4. The number of nitrogens with zero attached hydrogens (tertiary/aromatic N) is 3. The molecule has 0 amide bonds. The van der Waals surface area contributed by atoms with Gasteiger partial charge < -0.3 is 5.11 Å². The molecule has 1 N–H and O–H groups in total. The molecule has 15 heavy (non-hydrogen) atoms. The maximum Gasteiger partial charge on any atom is 0.354 e. The van der Waals surface area contributed by atoms with Gasteiger partial charge in [-0.05, 0) is 13.0 Å². The van der Waals surface area contributed by atoms with Gasteiger partial charge in [-0.25, -0.2) is 4.79 Å². The average molecular weight is 207 g/mol. The van der Waals surface area contributed by atoms with Crippen molar-refractivity contribution < 1.29 is 9.90 Å². The molecule has 0 radical (unpaired) electrons. The Kier molecular flexibility index (Phi) is 3.38. The predicted octanol–water partition coefficient (Wildman–Crippen LogP) is 1.22. The van der Waals surface area contributed by atoms with Crippen molar-refractivity contribution in [2.75, 3.05) is 7.05 Å². The largest absolute Gasteiger partial charge is 0.477 e. The molecule has 0 saturated carbocycles. The first-order valence-corrected chi connectivity index (χ1v) is 4.46. The number of carbonyl (C=O) groups is 1. The molecule has 0 aliphatic heterocycles. The number of hydrogen-bond acceptors (Lipinski definition) is 3. The number of aryl methyl sites for hydroxylation is 1. The first-order valence-electron chi connectivity index (χ1n) is 4.46. The van der Waals surface area contributed by atoms with E-state index in [0.717, 1.165) is 5.57 Å². The zero-order valence-electron chi connectivity index (χ0n) is 8.93. The van der Waals surface area contributed by atoms with Gasteiger partial charge in [0.25, 0.3) is 0 Å². The van der Waals surface area contributed by atoms with Crippen LogP contribution in [0.4, 0.5) is 0 Å². The van der Waals surface area contributed by atoms with Gasteiger partial charge in [0.1, 0.15) is 5.69 Å². The van der Waals surface area contributed by atoms with Crippen molar-refractivity contribution in [2.24, 2.45) is 12.0 Å². The molecule has 1 aromatic heterocycles. The monoisotopic (exact) mass is 207 g/mol. The number of aliphatic imine (C=N–C) groups is 1. The van der Waals surface area contributed by atoms with Crippen LogP contribution < -0.4 is 0 Å². The van der Waals surface area contributed by atoms with E-state index in [9.17, 15) is 4.79 Å². The van der Waals surface area contributed by atoms with Crippen molar-refractivity contribution in [1.82, 2.24) is 9.78 Å². The van der Waals surface area contributed by atoms with E-state index in [0.29, 0.717) is 5.69 Å². The number of carboxylic acids is 1. The van der Waals surface area contributed by atoms with Crippen LogP contribution in [0.5, 0.6) is 0 Å². The summed E-state index contributed by atoms with van der Waals surface area (Å²) in [4.78, 5) is 14.7. The summed E-state index contributed by atoms with van der Waals surface area (Å²) in [6.07, 6.45) is 3.48. The summed E-state index contributed by atoms with van der Waals surface area (Å²) >= 11 is 0. The number of aromatic nitrogens is 2. The molecule has 0 unspecified atom stereocenters. The van der Waals surface area contributed by atoms with Gasteiger partial charge in [-0.3, -0.25) is 9.67 Å². The second-order valence-electron chi connectivity index (χ2n) is 2.97. The predicted molar refractivity (Wildman–Crippen MR) is 58.2 cm³/mol. The van der Waals surface area contributed by atoms with E-state index in [2.05, 4.69) is 10.1 Å². The summed E-state index contributed by atoms with van der Waals surface area (Å²) in [6.45, 7) is 1.85. The van der Waals surface area contributed by atoms with E-state index in [1.54, 1.807) is 20.3 Å². The highest BCUT2D eigenvalue weighted by molar-refractivity contribution is 6.09. The number of carboxylic acid groups (broad SMARTS) is 1. The molecular weight excluding hydrogens is 194 g/mol. The lowest BCUT2D eigenvalue weighted by Gasteiger charge is -1.93. The SMILES string of the molecule is C/C=C(\C=NC)c1cc(C(=O)O)n(C)n1. The summed E-state index contributed by atoms with van der Waals surface area (Å²) in [5, 5.41) is 12.9. The Balaban J connectivity index is 3.17. The van der Waals surface area contributed by atoms with Gasteiger partial charge in [0.05, 0.1) is 5.69 Å². The maximum absolute atomic E-state index is 10.8. The van der Waals surface area contributed by atoms with Crippen molar-refractivity contribution in [3.05, 3.63) is 23.5 Å². The summed E-state index contributed by atoms with van der Waals surface area (Å²) in [7, 11) is 3.26. The van der Waals surface area contributed by atoms with Crippen molar-refractivity contribution in [3.63, 3.8) is 0 Å². The molecule has 1 rings (SSSR count). The van der Waals surface area contributed by atoms with Crippen LogP contribution in [-0.2, 0) is 7.05 Å². The van der Waals surface area contributed by atoms with Crippen LogP contribution in [0.1, 0.15) is 23.1 Å². The molecule has 80 valence electrons. The Hall–Kier alpha value is -1.91. The Labute approximate surface area is 87.8 Å². The summed E-state index contributed by atoms with van der Waals surface area (Å²) in [5.41, 5.74) is 1.58. The highest BCUT2D eigenvalue weighted by Crippen LogP contribution is 2.12. The maximum atomic E-state index is 10.8. The summed E-state index contributed by atoms with van der Waals surface area (Å²) in [6, 6.07) is 1.53. The van der Waals surface area contributed by atoms with Gasteiger partial charge >= 0.3 is 5.97 Å². The Morgan fingerprint density at radius 1 is 1.67 bits per heavy atom. The van der Waals surface area contributed by atoms with Crippen LogP contribution in [0.2, 0.25) is 0 Å². The van der Waals surface area contributed by atoms with Crippen LogP contribution in [0, 0.1) is 0 Å². The fraction of sp³-hybridized carbons (Fsp3) is 0.300. The molecule has 5 heteroatoms. The standard InChI is InChI=1S/C10H13N3O2/c1-4-7(6-11-2)8-5-9(10(14)15)13(3)12-8/h4-6H,1-3H3,(H,14,15)/b7-4+,11-6?. The fourth-order valence-corrected chi connectivity index (χ4v) is 1.24. The molecule has 0 saturated heterocycles. The second kappa shape index (κ2) is 4.54. The molecule has 0 aliphatic carbocycles. The fourth-order valence-electron chi connectivity index (χ4n) is 1.24. The second-order valence-corrected chi connectivity index (χ2v) is 2.97. The average Bonchev–Trinajstić information content (AvgIpc) is 2.56. The van der Waals surface area contributed by atoms with Gasteiger partial charge in [-0.2, -0.15) is 5.10 Å². The molecular formula is C10H13N3O2. The van der Waals surface area contributed by atoms with E-state index in [-0.39, 0.29) is 5.69 Å². The summed E-state index contributed by atoms with van der Waals surface area (Å²) < 4.78 is 1.34. The van der Waals surface area contributed by atoms with Crippen molar-refractivity contribution in [1.29, 1.82) is 0 Å². The van der Waals surface area contributed by atoms with Gasteiger partial charge in [0.15, 0.2) is 0 Å². The molecule has 0 atom stereocenters. The lowest BCUT2D eigenvalue weighted by atomic mass is 10.2. The lowest BCUT2D eigenvalue weighted by molar-refractivity contribution is 0.0685. The Morgan fingerprint density at radius 3 is 2.73 bits per heavy atom. The number of hydrogen-bond donors (Lipinski definition) is 1. The zero-order valence-corrected chi connectivity index (χ0v) is 8.93. The number of rotatable bonds is 3. The molecule has 0 aliphatic rings. The van der Waals surface area contributed by atoms with Crippen molar-refractivity contribution >= 4 is 17.8 Å². The minimum absolute atomic E-state index is 0.161. The van der Waals surface area contributed by atoms with Gasteiger partial charge in [-0.1, -0.05) is 6.08 Å². The Bertz CT molecular complexity index is 430. The number of aromatic carboxylic acids is 1. The third-order valence-corrected chi connectivity index (χ3v) is 1.97. The van der Waals surface area contributed by atoms with E-state index in [1.807, 2.05) is 13.0 Å². The smallest absolute Gasteiger partial charge is 0.354 e. The first kappa shape index (κ1) is 11.2. The molecule has 1 heterocycles. The van der Waals surface area contributed by atoms with Crippen molar-refractivity contribution in [2.45, 2.75) is 6.92 Å². The van der Waals surface area contributed by atoms with E-state index < -0.39 is 5.97 Å². The minimum Gasteiger partial charge on any atom is -0.477 e. The van der Waals surface area contributed by atoms with Crippen LogP contribution in [0.3, 0.4) is 0 Å². The summed E-state index contributed by atoms with van der Waals surface area (Å²) in [5.74, 6) is -0.986. The minimum atomic E-state index is -0.986. The van der Waals surface area contributed by atoms with E-state index in [4.69, 9.17) is 5.11 Å². The molecule has 0 bridgehead atoms. The third kappa shape index (κ3) is 2.31. The normalized spacial score (nSPS) is 12.3. The first-order chi connectivity index (χ1) is 7.10. The van der Waals surface area contributed by atoms with E-state index in [1.165, 1.54) is 10.7 Å². The van der Waals surface area contributed by atoms with Crippen LogP contribution >= 0.6 is 0 Å². The van der Waals surface area contributed by atoms with Gasteiger partial charge in [0.2, 0.25) is 0 Å². The molecule has 0 spiro atoms. The van der Waals surface area contributed by atoms with E-state index >= 15 is 0 Å². The van der Waals surface area contributed by atoms with Gasteiger partial charge in [0, 0.05) is 25.9 Å². The lowest BCUT2D eigenvalue weighted by Crippen LogP contribution is -2.04. The molecule has 5 nitrogen and oxygen atoms in total. The topological polar surface area (TPSA) is 67.5 Å².